The first-order valence-corrected chi connectivity index (χ1v) is 8.40. The zero-order chi connectivity index (χ0) is 16.9. The van der Waals surface area contributed by atoms with Gasteiger partial charge in [0.25, 0.3) is 0 Å². The van der Waals surface area contributed by atoms with Crippen molar-refractivity contribution in [3.8, 4) is 5.88 Å². The van der Waals surface area contributed by atoms with E-state index in [2.05, 4.69) is 4.98 Å². The number of nitrogens with zero attached hydrogens (tertiary/aromatic N) is 2. The standard InChI is InChI=1S/C18H28N2O3/c1-14-8-9-16(19-13-14)22-12-10-15-7-5-6-11-20(15)17(21)23-18(2,3)4/h8-9,13,15H,5-7,10-12H2,1-4H3/t15-/m1/s1. The van der Waals surface area contributed by atoms with Gasteiger partial charge in [0.15, 0.2) is 0 Å². The molecule has 0 aliphatic carbocycles. The summed E-state index contributed by atoms with van der Waals surface area (Å²) in [6.07, 6.45) is 5.57. The second-order valence-electron chi connectivity index (χ2n) is 7.13. The molecule has 2 rings (SSSR count). The summed E-state index contributed by atoms with van der Waals surface area (Å²) < 4.78 is 11.2. The zero-order valence-electron chi connectivity index (χ0n) is 14.7. The number of carbonyl (C=O) groups is 1. The Morgan fingerprint density at radius 3 is 2.78 bits per heavy atom. The van der Waals surface area contributed by atoms with Crippen LogP contribution in [-0.4, -0.2) is 40.8 Å². The van der Waals surface area contributed by atoms with Crippen molar-refractivity contribution in [2.45, 2.75) is 65.0 Å². The number of hydrogen-bond donors (Lipinski definition) is 0. The molecule has 5 heteroatoms. The maximum Gasteiger partial charge on any atom is 0.410 e. The fourth-order valence-electron chi connectivity index (χ4n) is 2.70. The fourth-order valence-corrected chi connectivity index (χ4v) is 2.70. The van der Waals surface area contributed by atoms with Crippen LogP contribution < -0.4 is 4.74 Å². The van der Waals surface area contributed by atoms with Gasteiger partial charge in [-0.1, -0.05) is 6.07 Å². The van der Waals surface area contributed by atoms with Gasteiger partial charge in [-0.3, -0.25) is 0 Å². The van der Waals surface area contributed by atoms with Crippen molar-refractivity contribution in [2.75, 3.05) is 13.2 Å². The lowest BCUT2D eigenvalue weighted by Crippen LogP contribution is -2.46. The second-order valence-corrected chi connectivity index (χ2v) is 7.13. The topological polar surface area (TPSA) is 51.7 Å². The first kappa shape index (κ1) is 17.6. The molecule has 0 saturated carbocycles. The van der Waals surface area contributed by atoms with E-state index in [1.807, 2.05) is 44.7 Å². The number of carbonyl (C=O) groups excluding carboxylic acids is 1. The predicted molar refractivity (Wildman–Crippen MR) is 89.7 cm³/mol. The van der Waals surface area contributed by atoms with Crippen molar-refractivity contribution in [1.82, 2.24) is 9.88 Å². The lowest BCUT2D eigenvalue weighted by molar-refractivity contribution is 0.00738. The number of likely N-dealkylation sites (tertiary alicyclic amines) is 1. The number of pyridine rings is 1. The van der Waals surface area contributed by atoms with Gasteiger partial charge in [-0.15, -0.1) is 0 Å². The Kier molecular flexibility index (Phi) is 5.85. The van der Waals surface area contributed by atoms with Gasteiger partial charge in [0.2, 0.25) is 5.88 Å². The maximum atomic E-state index is 12.3. The largest absolute Gasteiger partial charge is 0.478 e. The minimum absolute atomic E-state index is 0.184. The third-order valence-corrected chi connectivity index (χ3v) is 3.84. The lowest BCUT2D eigenvalue weighted by Gasteiger charge is -2.36. The van der Waals surface area contributed by atoms with Crippen LogP contribution in [0.5, 0.6) is 5.88 Å². The van der Waals surface area contributed by atoms with Crippen LogP contribution in [0.4, 0.5) is 4.79 Å². The first-order chi connectivity index (χ1) is 10.8. The Hall–Kier alpha value is -1.78. The molecule has 1 atom stereocenters. The summed E-state index contributed by atoms with van der Waals surface area (Å²) in [5.41, 5.74) is 0.655. The number of aryl methyl sites for hydroxylation is 1. The molecule has 23 heavy (non-hydrogen) atoms. The van der Waals surface area contributed by atoms with Gasteiger partial charge in [0.1, 0.15) is 5.60 Å². The van der Waals surface area contributed by atoms with Gasteiger partial charge in [-0.25, -0.2) is 9.78 Å². The lowest BCUT2D eigenvalue weighted by atomic mass is 10.0. The van der Waals surface area contributed by atoms with Crippen molar-refractivity contribution < 1.29 is 14.3 Å². The monoisotopic (exact) mass is 320 g/mol. The summed E-state index contributed by atoms with van der Waals surface area (Å²) in [6, 6.07) is 4.04. The summed E-state index contributed by atoms with van der Waals surface area (Å²) in [4.78, 5) is 18.4. The number of amides is 1. The highest BCUT2D eigenvalue weighted by Gasteiger charge is 2.30. The van der Waals surface area contributed by atoms with Gasteiger partial charge in [-0.05, 0) is 52.5 Å². The maximum absolute atomic E-state index is 12.3. The van der Waals surface area contributed by atoms with Crippen LogP contribution in [0.25, 0.3) is 0 Å². The van der Waals surface area contributed by atoms with Crippen molar-refractivity contribution in [3.05, 3.63) is 23.9 Å². The molecule has 1 aromatic heterocycles. The van der Waals surface area contributed by atoms with E-state index >= 15 is 0 Å². The van der Waals surface area contributed by atoms with Crippen molar-refractivity contribution in [3.63, 3.8) is 0 Å². The SMILES string of the molecule is Cc1ccc(OCC[C@H]2CCCCN2C(=O)OC(C)(C)C)nc1. The van der Waals surface area contributed by atoms with Crippen LogP contribution in [0.1, 0.15) is 52.0 Å². The van der Waals surface area contributed by atoms with Gasteiger partial charge < -0.3 is 14.4 Å². The normalized spacial score (nSPS) is 18.6. The van der Waals surface area contributed by atoms with Crippen molar-refractivity contribution in [1.29, 1.82) is 0 Å². The zero-order valence-corrected chi connectivity index (χ0v) is 14.7. The van der Waals surface area contributed by atoms with E-state index in [-0.39, 0.29) is 12.1 Å². The van der Waals surface area contributed by atoms with Gasteiger partial charge in [-0.2, -0.15) is 0 Å². The summed E-state index contributed by atoms with van der Waals surface area (Å²) in [6.45, 7) is 9.02. The minimum Gasteiger partial charge on any atom is -0.478 e. The summed E-state index contributed by atoms with van der Waals surface area (Å²) in [5.74, 6) is 0.634. The fraction of sp³-hybridized carbons (Fsp3) is 0.667. The molecule has 128 valence electrons. The van der Waals surface area contributed by atoms with Gasteiger partial charge >= 0.3 is 6.09 Å². The highest BCUT2D eigenvalue weighted by molar-refractivity contribution is 5.68. The van der Waals surface area contributed by atoms with Crippen LogP contribution in [-0.2, 0) is 4.74 Å². The smallest absolute Gasteiger partial charge is 0.410 e. The molecule has 0 radical (unpaired) electrons. The van der Waals surface area contributed by atoms with Crippen molar-refractivity contribution >= 4 is 6.09 Å². The molecule has 1 aliphatic heterocycles. The second kappa shape index (κ2) is 7.66. The van der Waals surface area contributed by atoms with Crippen LogP contribution >= 0.6 is 0 Å². The number of piperidine rings is 1. The van der Waals surface area contributed by atoms with E-state index in [4.69, 9.17) is 9.47 Å². The molecule has 1 aromatic rings. The third kappa shape index (κ3) is 5.73. The van der Waals surface area contributed by atoms with Crippen LogP contribution in [0.3, 0.4) is 0 Å². The third-order valence-electron chi connectivity index (χ3n) is 3.84. The van der Waals surface area contributed by atoms with Crippen LogP contribution in [0, 0.1) is 6.92 Å². The van der Waals surface area contributed by atoms with E-state index in [0.717, 1.165) is 37.8 Å². The van der Waals surface area contributed by atoms with Gasteiger partial charge in [0, 0.05) is 31.3 Å². The Balaban J connectivity index is 1.86. The molecule has 1 fully saturated rings. The van der Waals surface area contributed by atoms with E-state index in [1.54, 1.807) is 6.20 Å². The van der Waals surface area contributed by atoms with Crippen LogP contribution in [0.15, 0.2) is 18.3 Å². The quantitative estimate of drug-likeness (QED) is 0.843. The molecule has 0 unspecified atom stereocenters. The molecular formula is C18H28N2O3. The number of ether oxygens (including phenoxy) is 2. The average Bonchev–Trinajstić information content (AvgIpc) is 2.48. The molecular weight excluding hydrogens is 292 g/mol. The molecule has 0 N–H and O–H groups in total. The number of rotatable bonds is 4. The molecule has 1 aliphatic rings. The van der Waals surface area contributed by atoms with E-state index < -0.39 is 5.60 Å². The van der Waals surface area contributed by atoms with E-state index in [1.165, 1.54) is 0 Å². The number of hydrogen-bond acceptors (Lipinski definition) is 4. The first-order valence-electron chi connectivity index (χ1n) is 8.40. The molecule has 1 amide bonds. The molecule has 0 spiro atoms. The Bertz CT molecular complexity index is 508. The Morgan fingerprint density at radius 1 is 1.35 bits per heavy atom. The highest BCUT2D eigenvalue weighted by Crippen LogP contribution is 2.22. The number of aromatic nitrogens is 1. The molecule has 5 nitrogen and oxygen atoms in total. The van der Waals surface area contributed by atoms with Gasteiger partial charge in [0.05, 0.1) is 6.61 Å². The van der Waals surface area contributed by atoms with Crippen molar-refractivity contribution in [2.24, 2.45) is 0 Å². The molecule has 0 bridgehead atoms. The average molecular weight is 320 g/mol. The summed E-state index contributed by atoms with van der Waals surface area (Å²) in [7, 11) is 0. The summed E-state index contributed by atoms with van der Waals surface area (Å²) in [5, 5.41) is 0. The molecule has 0 aromatic carbocycles. The van der Waals surface area contributed by atoms with E-state index in [9.17, 15) is 4.79 Å². The Morgan fingerprint density at radius 2 is 2.13 bits per heavy atom. The summed E-state index contributed by atoms with van der Waals surface area (Å²) >= 11 is 0. The minimum atomic E-state index is -0.457. The predicted octanol–water partition coefficient (Wildman–Crippen LogP) is 3.95. The van der Waals surface area contributed by atoms with Crippen LogP contribution in [0.2, 0.25) is 0 Å². The Labute approximate surface area is 139 Å². The molecule has 1 saturated heterocycles. The van der Waals surface area contributed by atoms with E-state index in [0.29, 0.717) is 12.5 Å². The molecule has 2 heterocycles. The highest BCUT2D eigenvalue weighted by atomic mass is 16.6.